The van der Waals surface area contributed by atoms with Gasteiger partial charge in [0.05, 0.1) is 18.4 Å². The third-order valence-corrected chi connectivity index (χ3v) is 3.97. The van der Waals surface area contributed by atoms with Crippen molar-refractivity contribution in [2.75, 3.05) is 13.7 Å². The quantitative estimate of drug-likeness (QED) is 0.557. The molecule has 0 aliphatic carbocycles. The predicted octanol–water partition coefficient (Wildman–Crippen LogP) is -0.874. The van der Waals surface area contributed by atoms with E-state index in [0.29, 0.717) is 5.56 Å². The highest BCUT2D eigenvalue weighted by atomic mass is 32.2. The molecule has 0 aromatic heterocycles. The summed E-state index contributed by atoms with van der Waals surface area (Å²) in [7, 11) is -2.84. The van der Waals surface area contributed by atoms with Crippen molar-refractivity contribution in [2.45, 2.75) is 17.4 Å². The molecule has 1 unspecified atom stereocenters. The minimum Gasteiger partial charge on any atom is -0.481 e. The first-order valence-corrected chi connectivity index (χ1v) is 7.31. The molecule has 1 aromatic carbocycles. The van der Waals surface area contributed by atoms with Crippen LogP contribution in [0.2, 0.25) is 0 Å². The lowest BCUT2D eigenvalue weighted by molar-refractivity contribution is -0.149. The number of aliphatic hydroxyl groups excluding tert-OH is 1. The van der Waals surface area contributed by atoms with Crippen LogP contribution < -0.4 is 4.72 Å². The standard InChI is InChI=1S/C12H15NO7S/c1-20-12(17)10(14)7-13-21(18,19)9-4-2-8(3-5-9)6-11(15)16/h2-5,10,13-14H,6-7H2,1H3,(H,15,16). The zero-order chi connectivity index (χ0) is 16.0. The maximum absolute atomic E-state index is 11.9. The van der Waals surface area contributed by atoms with Gasteiger partial charge < -0.3 is 14.9 Å². The Hall–Kier alpha value is -1.97. The van der Waals surface area contributed by atoms with E-state index in [0.717, 1.165) is 7.11 Å². The molecular formula is C12H15NO7S. The van der Waals surface area contributed by atoms with Gasteiger partial charge in [-0.25, -0.2) is 17.9 Å². The Morgan fingerprint density at radius 2 is 1.86 bits per heavy atom. The molecule has 21 heavy (non-hydrogen) atoms. The SMILES string of the molecule is COC(=O)C(O)CNS(=O)(=O)c1ccc(CC(=O)O)cc1. The molecule has 0 radical (unpaired) electrons. The molecule has 0 fully saturated rings. The molecule has 1 rings (SSSR count). The van der Waals surface area contributed by atoms with Gasteiger partial charge in [-0.15, -0.1) is 0 Å². The average Bonchev–Trinajstić information content (AvgIpc) is 2.44. The maximum Gasteiger partial charge on any atom is 0.336 e. The Labute approximate surface area is 121 Å². The van der Waals surface area contributed by atoms with Crippen molar-refractivity contribution in [3.05, 3.63) is 29.8 Å². The van der Waals surface area contributed by atoms with Crippen molar-refractivity contribution >= 4 is 22.0 Å². The second-order valence-corrected chi connectivity index (χ2v) is 5.87. The summed E-state index contributed by atoms with van der Waals surface area (Å²) < 4.78 is 30.1. The van der Waals surface area contributed by atoms with Gasteiger partial charge in [0.1, 0.15) is 0 Å². The van der Waals surface area contributed by atoms with Crippen molar-refractivity contribution in [1.82, 2.24) is 4.72 Å². The van der Waals surface area contributed by atoms with Crippen LogP contribution in [-0.4, -0.2) is 50.3 Å². The van der Waals surface area contributed by atoms with Crippen molar-refractivity contribution in [3.63, 3.8) is 0 Å². The van der Waals surface area contributed by atoms with E-state index in [1.807, 2.05) is 0 Å². The summed E-state index contributed by atoms with van der Waals surface area (Å²) in [5.41, 5.74) is 0.455. The van der Waals surface area contributed by atoms with Crippen LogP contribution in [-0.2, 0) is 30.8 Å². The molecule has 0 aliphatic heterocycles. The number of benzene rings is 1. The third kappa shape index (κ3) is 5.14. The topological polar surface area (TPSA) is 130 Å². The Morgan fingerprint density at radius 3 is 2.33 bits per heavy atom. The largest absolute Gasteiger partial charge is 0.481 e. The summed E-state index contributed by atoms with van der Waals surface area (Å²) in [6, 6.07) is 5.23. The zero-order valence-electron chi connectivity index (χ0n) is 11.1. The van der Waals surface area contributed by atoms with Crippen LogP contribution >= 0.6 is 0 Å². The number of hydrogen-bond acceptors (Lipinski definition) is 6. The smallest absolute Gasteiger partial charge is 0.336 e. The van der Waals surface area contributed by atoms with Crippen molar-refractivity contribution in [1.29, 1.82) is 0 Å². The summed E-state index contributed by atoms with van der Waals surface area (Å²) in [4.78, 5) is 21.4. The second kappa shape index (κ2) is 7.16. The molecule has 0 saturated carbocycles. The first-order chi connectivity index (χ1) is 9.76. The van der Waals surface area contributed by atoms with Crippen LogP contribution in [0, 0.1) is 0 Å². The van der Waals surface area contributed by atoms with Crippen LogP contribution in [0.4, 0.5) is 0 Å². The lowest BCUT2D eigenvalue weighted by Crippen LogP contribution is -2.37. The van der Waals surface area contributed by atoms with E-state index >= 15 is 0 Å². The van der Waals surface area contributed by atoms with Crippen molar-refractivity contribution < 1.29 is 33.0 Å². The molecule has 116 valence electrons. The average molecular weight is 317 g/mol. The van der Waals surface area contributed by atoms with Gasteiger partial charge in [-0.05, 0) is 17.7 Å². The molecule has 0 amide bonds. The number of esters is 1. The number of sulfonamides is 1. The molecule has 0 aliphatic rings. The molecule has 0 bridgehead atoms. The maximum atomic E-state index is 11.9. The fourth-order valence-corrected chi connectivity index (χ4v) is 2.49. The van der Waals surface area contributed by atoms with Crippen LogP contribution in [0.15, 0.2) is 29.2 Å². The van der Waals surface area contributed by atoms with E-state index in [2.05, 4.69) is 9.46 Å². The molecule has 0 saturated heterocycles. The number of aliphatic hydroxyl groups is 1. The summed E-state index contributed by atoms with van der Waals surface area (Å²) in [5, 5.41) is 17.9. The van der Waals surface area contributed by atoms with E-state index in [-0.39, 0.29) is 11.3 Å². The number of rotatable bonds is 7. The number of hydrogen-bond donors (Lipinski definition) is 3. The first kappa shape index (κ1) is 17.1. The van der Waals surface area contributed by atoms with Gasteiger partial charge in [0.15, 0.2) is 6.10 Å². The fourth-order valence-electron chi connectivity index (χ4n) is 1.45. The zero-order valence-corrected chi connectivity index (χ0v) is 12.0. The summed E-state index contributed by atoms with van der Waals surface area (Å²) in [5.74, 6) is -1.97. The number of carboxylic acid groups (broad SMARTS) is 1. The van der Waals surface area contributed by atoms with Gasteiger partial charge >= 0.3 is 11.9 Å². The second-order valence-electron chi connectivity index (χ2n) is 4.11. The molecule has 1 aromatic rings. The van der Waals surface area contributed by atoms with E-state index in [9.17, 15) is 23.1 Å². The normalized spacial score (nSPS) is 12.7. The van der Waals surface area contributed by atoms with E-state index in [1.165, 1.54) is 24.3 Å². The van der Waals surface area contributed by atoms with Crippen LogP contribution in [0.3, 0.4) is 0 Å². The number of aliphatic carboxylic acids is 1. The number of carbonyl (C=O) groups excluding carboxylic acids is 1. The highest BCUT2D eigenvalue weighted by molar-refractivity contribution is 7.89. The number of nitrogens with one attached hydrogen (secondary N) is 1. The van der Waals surface area contributed by atoms with Gasteiger partial charge in [0, 0.05) is 6.54 Å². The monoisotopic (exact) mass is 317 g/mol. The van der Waals surface area contributed by atoms with Gasteiger partial charge in [-0.1, -0.05) is 12.1 Å². The van der Waals surface area contributed by atoms with E-state index in [1.54, 1.807) is 0 Å². The Morgan fingerprint density at radius 1 is 1.29 bits per heavy atom. The number of carbonyl (C=O) groups is 2. The molecule has 1 atom stereocenters. The molecule has 0 spiro atoms. The summed E-state index contributed by atoms with van der Waals surface area (Å²) in [6.07, 6.45) is -1.81. The van der Waals surface area contributed by atoms with Crippen LogP contribution in [0.1, 0.15) is 5.56 Å². The lowest BCUT2D eigenvalue weighted by Gasteiger charge is -2.10. The predicted molar refractivity (Wildman–Crippen MR) is 71.0 cm³/mol. The number of methoxy groups -OCH3 is 1. The van der Waals surface area contributed by atoms with E-state index < -0.39 is 34.6 Å². The molecule has 9 heteroatoms. The highest BCUT2D eigenvalue weighted by Crippen LogP contribution is 2.11. The first-order valence-electron chi connectivity index (χ1n) is 5.82. The minimum absolute atomic E-state index is 0.103. The van der Waals surface area contributed by atoms with Gasteiger partial charge in [0.2, 0.25) is 10.0 Å². The minimum atomic E-state index is -3.91. The molecule has 3 N–H and O–H groups in total. The molecular weight excluding hydrogens is 302 g/mol. The molecule has 0 heterocycles. The van der Waals surface area contributed by atoms with Crippen LogP contribution in [0.25, 0.3) is 0 Å². The summed E-state index contributed by atoms with van der Waals surface area (Å²) >= 11 is 0. The third-order valence-electron chi connectivity index (χ3n) is 2.53. The summed E-state index contributed by atoms with van der Waals surface area (Å²) in [6.45, 7) is -0.522. The van der Waals surface area contributed by atoms with Crippen molar-refractivity contribution in [2.24, 2.45) is 0 Å². The van der Waals surface area contributed by atoms with Gasteiger partial charge in [-0.3, -0.25) is 4.79 Å². The Kier molecular flexibility index (Phi) is 5.82. The van der Waals surface area contributed by atoms with Crippen LogP contribution in [0.5, 0.6) is 0 Å². The van der Waals surface area contributed by atoms with Gasteiger partial charge in [0.25, 0.3) is 0 Å². The van der Waals surface area contributed by atoms with E-state index in [4.69, 9.17) is 5.11 Å². The van der Waals surface area contributed by atoms with Gasteiger partial charge in [-0.2, -0.15) is 0 Å². The highest BCUT2D eigenvalue weighted by Gasteiger charge is 2.20. The Balaban J connectivity index is 2.74. The van der Waals surface area contributed by atoms with Crippen molar-refractivity contribution in [3.8, 4) is 0 Å². The Bertz CT molecular complexity index is 609. The number of carboxylic acids is 1. The fraction of sp³-hybridized carbons (Fsp3) is 0.333. The lowest BCUT2D eigenvalue weighted by atomic mass is 10.2. The molecule has 8 nitrogen and oxygen atoms in total. The number of ether oxygens (including phenoxy) is 1.